The number of ether oxygens (including phenoxy) is 1. The molecule has 216 valence electrons. The van der Waals surface area contributed by atoms with Gasteiger partial charge in [-0.3, -0.25) is 4.57 Å². The van der Waals surface area contributed by atoms with Crippen LogP contribution in [0.3, 0.4) is 0 Å². The fourth-order valence-electron chi connectivity index (χ4n) is 6.93. The fraction of sp³-hybridized carbons (Fsp3) is 0.100. The highest BCUT2D eigenvalue weighted by Crippen LogP contribution is 2.37. The van der Waals surface area contributed by atoms with E-state index in [0.29, 0.717) is 0 Å². The van der Waals surface area contributed by atoms with Crippen molar-refractivity contribution in [3.05, 3.63) is 134 Å². The molecular formula is C40H30N4O. The van der Waals surface area contributed by atoms with Crippen LogP contribution in [0.5, 0.6) is 11.5 Å². The SMILES string of the molecule is c1cc(Oc2ccc3c4ccccc4n(-c4cc(N5CCCC5)ccn4)c3c2)cc(-c2nc3ccccc3c3ccccc23)c1. The maximum absolute atomic E-state index is 6.57. The quantitative estimate of drug-likeness (QED) is 0.189. The van der Waals surface area contributed by atoms with E-state index in [1.807, 2.05) is 24.4 Å². The van der Waals surface area contributed by atoms with Gasteiger partial charge in [0.2, 0.25) is 0 Å². The van der Waals surface area contributed by atoms with Crippen LogP contribution in [0.15, 0.2) is 134 Å². The molecule has 0 aliphatic carbocycles. The number of hydrogen-bond acceptors (Lipinski definition) is 4. The number of para-hydroxylation sites is 2. The van der Waals surface area contributed by atoms with Crippen molar-refractivity contribution in [2.45, 2.75) is 12.8 Å². The standard InChI is InChI=1S/C40H30N4O/c1-2-15-35-31(12-1)32-13-3-5-16-36(32)42-40(35)27-10-9-11-29(24-27)45-30-18-19-34-33-14-4-6-17-37(33)44(38(34)26-30)39-25-28(20-21-41-39)43-22-7-8-23-43/h1-6,9-21,24-26H,7-8,22-23H2. The molecule has 0 atom stereocenters. The fourth-order valence-corrected chi connectivity index (χ4v) is 6.93. The van der Waals surface area contributed by atoms with Gasteiger partial charge in [0.25, 0.3) is 0 Å². The van der Waals surface area contributed by atoms with E-state index in [0.717, 1.165) is 69.0 Å². The van der Waals surface area contributed by atoms with Gasteiger partial charge in [0.15, 0.2) is 0 Å². The zero-order chi connectivity index (χ0) is 29.7. The lowest BCUT2D eigenvalue weighted by molar-refractivity contribution is 0.483. The van der Waals surface area contributed by atoms with Crippen LogP contribution in [0.1, 0.15) is 12.8 Å². The summed E-state index contributed by atoms with van der Waals surface area (Å²) in [6.45, 7) is 2.19. The summed E-state index contributed by atoms with van der Waals surface area (Å²) in [4.78, 5) is 12.4. The van der Waals surface area contributed by atoms with E-state index < -0.39 is 0 Å². The Balaban J connectivity index is 1.14. The molecule has 4 heterocycles. The van der Waals surface area contributed by atoms with E-state index in [1.54, 1.807) is 0 Å². The van der Waals surface area contributed by atoms with Gasteiger partial charge in [0, 0.05) is 64.2 Å². The summed E-state index contributed by atoms with van der Waals surface area (Å²) in [5.74, 6) is 2.46. The Morgan fingerprint density at radius 2 is 1.29 bits per heavy atom. The van der Waals surface area contributed by atoms with Crippen LogP contribution >= 0.6 is 0 Å². The molecule has 1 aliphatic heterocycles. The molecule has 5 aromatic carbocycles. The minimum Gasteiger partial charge on any atom is -0.457 e. The second kappa shape index (κ2) is 10.5. The Bertz CT molecular complexity index is 2390. The highest BCUT2D eigenvalue weighted by atomic mass is 16.5. The largest absolute Gasteiger partial charge is 0.457 e. The predicted octanol–water partition coefficient (Wildman–Crippen LogP) is 9.94. The number of benzene rings is 5. The van der Waals surface area contributed by atoms with Gasteiger partial charge in [-0.05, 0) is 60.7 Å². The number of nitrogens with zero attached hydrogens (tertiary/aromatic N) is 4. The highest BCUT2D eigenvalue weighted by Gasteiger charge is 2.18. The van der Waals surface area contributed by atoms with Crippen molar-refractivity contribution in [1.29, 1.82) is 0 Å². The summed E-state index contributed by atoms with van der Waals surface area (Å²) < 4.78 is 8.83. The number of anilines is 1. The van der Waals surface area contributed by atoms with Gasteiger partial charge in [-0.2, -0.15) is 0 Å². The number of aromatic nitrogens is 3. The number of fused-ring (bicyclic) bond motifs is 6. The van der Waals surface area contributed by atoms with Gasteiger partial charge in [-0.1, -0.05) is 72.8 Å². The van der Waals surface area contributed by atoms with Crippen molar-refractivity contribution in [2.75, 3.05) is 18.0 Å². The summed E-state index contributed by atoms with van der Waals surface area (Å²) >= 11 is 0. The molecule has 0 radical (unpaired) electrons. The van der Waals surface area contributed by atoms with E-state index in [2.05, 4.69) is 119 Å². The monoisotopic (exact) mass is 582 g/mol. The molecule has 9 rings (SSSR count). The van der Waals surface area contributed by atoms with Crippen molar-refractivity contribution < 1.29 is 4.74 Å². The lowest BCUT2D eigenvalue weighted by Gasteiger charge is -2.18. The van der Waals surface area contributed by atoms with E-state index in [-0.39, 0.29) is 0 Å². The molecule has 5 nitrogen and oxygen atoms in total. The summed E-state index contributed by atoms with van der Waals surface area (Å²) in [5, 5.41) is 5.86. The first kappa shape index (κ1) is 25.8. The summed E-state index contributed by atoms with van der Waals surface area (Å²) in [5.41, 5.74) is 6.38. The Hall–Kier alpha value is -5.68. The normalized spacial score (nSPS) is 13.4. The topological polar surface area (TPSA) is 43.2 Å². The summed E-state index contributed by atoms with van der Waals surface area (Å²) in [6.07, 6.45) is 4.41. The molecule has 0 amide bonds. The first-order valence-corrected chi connectivity index (χ1v) is 15.6. The third kappa shape index (κ3) is 4.39. The Kier molecular flexibility index (Phi) is 6.01. The van der Waals surface area contributed by atoms with Gasteiger partial charge >= 0.3 is 0 Å². The number of hydrogen-bond donors (Lipinski definition) is 0. The van der Waals surface area contributed by atoms with Gasteiger partial charge in [-0.25, -0.2) is 9.97 Å². The third-order valence-corrected chi connectivity index (χ3v) is 9.03. The maximum atomic E-state index is 6.57. The number of rotatable bonds is 5. The van der Waals surface area contributed by atoms with Crippen molar-refractivity contribution in [3.63, 3.8) is 0 Å². The molecule has 1 fully saturated rings. The van der Waals surface area contributed by atoms with Crippen LogP contribution in [-0.4, -0.2) is 27.6 Å². The van der Waals surface area contributed by atoms with Crippen molar-refractivity contribution >= 4 is 49.2 Å². The van der Waals surface area contributed by atoms with Crippen LogP contribution in [0.2, 0.25) is 0 Å². The van der Waals surface area contributed by atoms with Gasteiger partial charge < -0.3 is 9.64 Å². The third-order valence-electron chi connectivity index (χ3n) is 9.03. The highest BCUT2D eigenvalue weighted by molar-refractivity contribution is 6.11. The lowest BCUT2D eigenvalue weighted by atomic mass is 10.00. The first-order valence-electron chi connectivity index (χ1n) is 15.6. The van der Waals surface area contributed by atoms with E-state index >= 15 is 0 Å². The molecule has 1 saturated heterocycles. The summed E-state index contributed by atoms with van der Waals surface area (Å²) in [6, 6.07) is 44.3. The van der Waals surface area contributed by atoms with Crippen LogP contribution in [0.4, 0.5) is 5.69 Å². The molecule has 5 heteroatoms. The maximum Gasteiger partial charge on any atom is 0.139 e. The molecular weight excluding hydrogens is 552 g/mol. The van der Waals surface area contributed by atoms with Gasteiger partial charge in [0.1, 0.15) is 17.3 Å². The molecule has 0 saturated carbocycles. The van der Waals surface area contributed by atoms with E-state index in [1.165, 1.54) is 34.7 Å². The first-order chi connectivity index (χ1) is 22.3. The van der Waals surface area contributed by atoms with E-state index in [4.69, 9.17) is 14.7 Å². The molecule has 3 aromatic heterocycles. The van der Waals surface area contributed by atoms with E-state index in [9.17, 15) is 0 Å². The van der Waals surface area contributed by atoms with Gasteiger partial charge in [0.05, 0.1) is 22.2 Å². The zero-order valence-electron chi connectivity index (χ0n) is 24.7. The summed E-state index contributed by atoms with van der Waals surface area (Å²) in [7, 11) is 0. The molecule has 0 N–H and O–H groups in total. The number of pyridine rings is 2. The molecule has 0 spiro atoms. The average molecular weight is 583 g/mol. The molecule has 1 aliphatic rings. The minimum absolute atomic E-state index is 0.766. The lowest BCUT2D eigenvalue weighted by Crippen LogP contribution is -2.17. The smallest absolute Gasteiger partial charge is 0.139 e. The average Bonchev–Trinajstić information content (AvgIpc) is 3.75. The van der Waals surface area contributed by atoms with Crippen LogP contribution in [0.25, 0.3) is 60.6 Å². The minimum atomic E-state index is 0.766. The Morgan fingerprint density at radius 3 is 2.18 bits per heavy atom. The molecule has 0 bridgehead atoms. The Labute approximate surface area is 261 Å². The zero-order valence-corrected chi connectivity index (χ0v) is 24.7. The predicted molar refractivity (Wildman–Crippen MR) is 185 cm³/mol. The van der Waals surface area contributed by atoms with Gasteiger partial charge in [-0.15, -0.1) is 0 Å². The van der Waals surface area contributed by atoms with Crippen LogP contribution < -0.4 is 9.64 Å². The second-order valence-electron chi connectivity index (χ2n) is 11.8. The molecule has 8 aromatic rings. The van der Waals surface area contributed by atoms with Crippen molar-refractivity contribution in [1.82, 2.24) is 14.5 Å². The van der Waals surface area contributed by atoms with Crippen molar-refractivity contribution in [2.24, 2.45) is 0 Å². The molecule has 0 unspecified atom stereocenters. The molecule has 45 heavy (non-hydrogen) atoms. The van der Waals surface area contributed by atoms with Crippen molar-refractivity contribution in [3.8, 4) is 28.6 Å². The van der Waals surface area contributed by atoms with Crippen LogP contribution in [0, 0.1) is 0 Å². The second-order valence-corrected chi connectivity index (χ2v) is 11.8. The Morgan fingerprint density at radius 1 is 0.556 bits per heavy atom. The van der Waals surface area contributed by atoms with Crippen LogP contribution in [-0.2, 0) is 0 Å².